The van der Waals surface area contributed by atoms with Gasteiger partial charge in [0.15, 0.2) is 0 Å². The summed E-state index contributed by atoms with van der Waals surface area (Å²) in [5, 5.41) is -0.456. The van der Waals surface area contributed by atoms with Crippen LogP contribution in [-0.2, 0) is 29.2 Å². The quantitative estimate of drug-likeness (QED) is 0.868. The second kappa shape index (κ2) is 6.62. The maximum absolute atomic E-state index is 13.1. The van der Waals surface area contributed by atoms with Crippen molar-refractivity contribution in [2.45, 2.75) is 30.5 Å². The lowest BCUT2D eigenvalue weighted by Gasteiger charge is -2.24. The Morgan fingerprint density at radius 1 is 1.36 bits per heavy atom. The number of sulfonamides is 1. The highest BCUT2D eigenvalue weighted by molar-refractivity contribution is 7.89. The third-order valence-electron chi connectivity index (χ3n) is 4.14. The summed E-state index contributed by atoms with van der Waals surface area (Å²) in [6, 6.07) is 2.91. The molecule has 0 saturated carbocycles. The summed E-state index contributed by atoms with van der Waals surface area (Å²) < 4.78 is 68.4. The van der Waals surface area contributed by atoms with Crippen molar-refractivity contribution in [1.82, 2.24) is 14.3 Å². The predicted octanol–water partition coefficient (Wildman–Crippen LogP) is 3.10. The van der Waals surface area contributed by atoms with Crippen molar-refractivity contribution < 1.29 is 21.6 Å². The smallest absolute Gasteiger partial charge is 0.335 e. The number of benzene rings is 1. The van der Waals surface area contributed by atoms with Gasteiger partial charge in [0, 0.05) is 31.9 Å². The molecular formula is C15H15ClF3N3O2S. The number of nitrogens with zero attached hydrogens (tertiary/aromatic N) is 2. The van der Waals surface area contributed by atoms with Crippen LogP contribution in [-0.4, -0.2) is 24.5 Å². The fourth-order valence-corrected chi connectivity index (χ4v) is 4.79. The van der Waals surface area contributed by atoms with Crippen LogP contribution in [0.3, 0.4) is 0 Å². The maximum atomic E-state index is 13.1. The zero-order valence-corrected chi connectivity index (χ0v) is 14.5. The lowest BCUT2D eigenvalue weighted by atomic mass is 10.00. The van der Waals surface area contributed by atoms with Gasteiger partial charge in [-0.1, -0.05) is 17.7 Å². The Morgan fingerprint density at radius 2 is 2.12 bits per heavy atom. The molecule has 1 aromatic carbocycles. The van der Waals surface area contributed by atoms with Crippen LogP contribution in [0, 0.1) is 5.92 Å². The summed E-state index contributed by atoms with van der Waals surface area (Å²) in [7, 11) is -4.39. The summed E-state index contributed by atoms with van der Waals surface area (Å²) in [6.45, 7) is 0.592. The van der Waals surface area contributed by atoms with E-state index in [0.717, 1.165) is 18.0 Å². The van der Waals surface area contributed by atoms with E-state index in [1.165, 1.54) is 0 Å². The number of hydrogen-bond donors (Lipinski definition) is 1. The van der Waals surface area contributed by atoms with E-state index in [2.05, 4.69) is 9.71 Å². The van der Waals surface area contributed by atoms with Crippen LogP contribution >= 0.6 is 11.6 Å². The number of alkyl halides is 3. The number of fused-ring (bicyclic) bond motifs is 1. The Bertz CT molecular complexity index is 880. The molecule has 0 amide bonds. The minimum absolute atomic E-state index is 0.0302. The number of nitrogens with one attached hydrogen (secondary N) is 1. The van der Waals surface area contributed by atoms with Gasteiger partial charge in [-0.05, 0) is 24.5 Å². The van der Waals surface area contributed by atoms with E-state index < -0.39 is 31.7 Å². The topological polar surface area (TPSA) is 64.0 Å². The average molecular weight is 394 g/mol. The van der Waals surface area contributed by atoms with E-state index in [1.54, 1.807) is 12.4 Å². The van der Waals surface area contributed by atoms with Crippen molar-refractivity contribution in [3.8, 4) is 0 Å². The number of aryl methyl sites for hydroxylation is 1. The zero-order chi connectivity index (χ0) is 18.2. The number of aromatic nitrogens is 2. The summed E-state index contributed by atoms with van der Waals surface area (Å²) in [5.41, 5.74) is -1.27. The van der Waals surface area contributed by atoms with Crippen LogP contribution in [0.1, 0.15) is 17.8 Å². The molecule has 0 radical (unpaired) electrons. The molecule has 1 aliphatic rings. The Balaban J connectivity index is 1.80. The molecule has 10 heteroatoms. The predicted molar refractivity (Wildman–Crippen MR) is 85.7 cm³/mol. The minimum atomic E-state index is -4.81. The van der Waals surface area contributed by atoms with Gasteiger partial charge in [-0.2, -0.15) is 13.2 Å². The first-order valence-corrected chi connectivity index (χ1v) is 9.40. The van der Waals surface area contributed by atoms with Gasteiger partial charge in [0.1, 0.15) is 10.7 Å². The first kappa shape index (κ1) is 18.2. The van der Waals surface area contributed by atoms with E-state index in [4.69, 9.17) is 11.6 Å². The standard InChI is InChI=1S/C15H15ClF3N3O2S/c16-12-3-1-2-11(15(17,18)19)14(12)25(23,24)21-8-10-4-5-13-20-6-7-22(13)9-10/h1-3,6-7,10,21H,4-5,8-9H2/t10-/m0/s1. The lowest BCUT2D eigenvalue weighted by molar-refractivity contribution is -0.139. The molecule has 2 aromatic rings. The van der Waals surface area contributed by atoms with Gasteiger partial charge < -0.3 is 4.57 Å². The van der Waals surface area contributed by atoms with Crippen molar-refractivity contribution in [2.75, 3.05) is 6.54 Å². The van der Waals surface area contributed by atoms with Crippen molar-refractivity contribution in [1.29, 1.82) is 0 Å². The monoisotopic (exact) mass is 393 g/mol. The van der Waals surface area contributed by atoms with Crippen molar-refractivity contribution in [3.63, 3.8) is 0 Å². The number of imidazole rings is 1. The highest BCUT2D eigenvalue weighted by Crippen LogP contribution is 2.37. The molecule has 1 N–H and O–H groups in total. The maximum Gasteiger partial charge on any atom is 0.417 e. The van der Waals surface area contributed by atoms with Crippen LogP contribution in [0.25, 0.3) is 0 Å². The summed E-state index contributed by atoms with van der Waals surface area (Å²) >= 11 is 5.76. The van der Waals surface area contributed by atoms with Crippen LogP contribution in [0.4, 0.5) is 13.2 Å². The van der Waals surface area contributed by atoms with Crippen molar-refractivity contribution in [3.05, 3.63) is 47.0 Å². The van der Waals surface area contributed by atoms with Crippen molar-refractivity contribution >= 4 is 21.6 Å². The van der Waals surface area contributed by atoms with Gasteiger partial charge in [-0.3, -0.25) is 0 Å². The minimum Gasteiger partial charge on any atom is -0.335 e. The van der Waals surface area contributed by atoms with Gasteiger partial charge in [0.05, 0.1) is 10.6 Å². The molecule has 1 aliphatic heterocycles. The van der Waals surface area contributed by atoms with Crippen LogP contribution in [0.15, 0.2) is 35.5 Å². The van der Waals surface area contributed by atoms with Gasteiger partial charge in [0.25, 0.3) is 0 Å². The summed E-state index contributed by atoms with van der Waals surface area (Å²) in [6.07, 6.45) is 0.0477. The molecule has 0 bridgehead atoms. The highest BCUT2D eigenvalue weighted by atomic mass is 35.5. The number of rotatable bonds is 4. The molecule has 25 heavy (non-hydrogen) atoms. The zero-order valence-electron chi connectivity index (χ0n) is 12.9. The molecule has 136 valence electrons. The third-order valence-corrected chi connectivity index (χ3v) is 6.09. The number of halogens is 4. The van der Waals surface area contributed by atoms with Crippen LogP contribution in [0.5, 0.6) is 0 Å². The average Bonchev–Trinajstić information content (AvgIpc) is 2.99. The largest absolute Gasteiger partial charge is 0.417 e. The molecule has 5 nitrogen and oxygen atoms in total. The third kappa shape index (κ3) is 3.83. The van der Waals surface area contributed by atoms with E-state index in [9.17, 15) is 21.6 Å². The summed E-state index contributed by atoms with van der Waals surface area (Å²) in [5.74, 6) is 0.887. The Kier molecular flexibility index (Phi) is 4.82. The highest BCUT2D eigenvalue weighted by Gasteiger charge is 2.38. The molecule has 1 atom stereocenters. The lowest BCUT2D eigenvalue weighted by Crippen LogP contribution is -2.34. The second-order valence-corrected chi connectivity index (χ2v) is 7.98. The van der Waals surface area contributed by atoms with E-state index >= 15 is 0 Å². The Morgan fingerprint density at radius 3 is 2.84 bits per heavy atom. The van der Waals surface area contributed by atoms with E-state index in [0.29, 0.717) is 25.5 Å². The molecule has 0 spiro atoms. The Hall–Kier alpha value is -1.58. The van der Waals surface area contributed by atoms with Crippen LogP contribution < -0.4 is 4.72 Å². The van der Waals surface area contributed by atoms with E-state index in [-0.39, 0.29) is 12.5 Å². The van der Waals surface area contributed by atoms with Gasteiger partial charge in [-0.15, -0.1) is 0 Å². The van der Waals surface area contributed by atoms with Crippen LogP contribution in [0.2, 0.25) is 5.02 Å². The second-order valence-electron chi connectivity index (χ2n) is 5.87. The molecule has 0 saturated heterocycles. The Labute approximate surface area is 147 Å². The molecular weight excluding hydrogens is 379 g/mol. The first-order valence-electron chi connectivity index (χ1n) is 7.54. The molecule has 0 aliphatic carbocycles. The van der Waals surface area contributed by atoms with Gasteiger partial charge >= 0.3 is 6.18 Å². The van der Waals surface area contributed by atoms with Crippen molar-refractivity contribution in [2.24, 2.45) is 5.92 Å². The van der Waals surface area contributed by atoms with Gasteiger partial charge in [-0.25, -0.2) is 18.1 Å². The molecule has 2 heterocycles. The fourth-order valence-electron chi connectivity index (χ4n) is 2.91. The summed E-state index contributed by atoms with van der Waals surface area (Å²) in [4.78, 5) is 3.25. The van der Waals surface area contributed by atoms with E-state index in [1.807, 2.05) is 4.57 Å². The normalized spacial score (nSPS) is 18.2. The molecule has 0 fully saturated rings. The van der Waals surface area contributed by atoms with Gasteiger partial charge in [0.2, 0.25) is 10.0 Å². The SMILES string of the molecule is O=S(=O)(NC[C@@H]1CCc2nccn2C1)c1c(Cl)cccc1C(F)(F)F. The molecule has 1 aromatic heterocycles. The fraction of sp³-hybridized carbons (Fsp3) is 0.400. The number of hydrogen-bond acceptors (Lipinski definition) is 3. The first-order chi connectivity index (χ1) is 11.7. The molecule has 3 rings (SSSR count). The molecule has 0 unspecified atom stereocenters.